The van der Waals surface area contributed by atoms with E-state index < -0.39 is 42.3 Å². The molecule has 1 aromatic heterocycles. The monoisotopic (exact) mass is 620 g/mol. The highest BCUT2D eigenvalue weighted by Gasteiger charge is 2.45. The Kier molecular flexibility index (Phi) is 8.59. The third-order valence-corrected chi connectivity index (χ3v) is 9.12. The van der Waals surface area contributed by atoms with E-state index in [-0.39, 0.29) is 37.8 Å². The predicted molar refractivity (Wildman–Crippen MR) is 143 cm³/mol. The number of fused-ring (bicyclic) bond motifs is 2. The van der Waals surface area contributed by atoms with E-state index in [1.54, 1.807) is 6.92 Å². The zero-order valence-corrected chi connectivity index (χ0v) is 23.9. The molecule has 2 heterocycles. The maximum absolute atomic E-state index is 13.0. The summed E-state index contributed by atoms with van der Waals surface area (Å²) < 4.78 is 10.2. The highest BCUT2D eigenvalue weighted by atomic mass is 35.5. The summed E-state index contributed by atoms with van der Waals surface area (Å²) in [6.45, 7) is 2.39. The Morgan fingerprint density at radius 3 is 2.11 bits per heavy atom. The molecule has 1 aliphatic carbocycles. The van der Waals surface area contributed by atoms with Crippen LogP contribution in [0, 0.1) is 0 Å². The van der Waals surface area contributed by atoms with E-state index in [0.29, 0.717) is 21.9 Å². The summed E-state index contributed by atoms with van der Waals surface area (Å²) in [6, 6.07) is -1.43. The molecule has 4 rings (SSSR count). The number of imide groups is 1. The number of amides is 3. The third-order valence-electron chi connectivity index (χ3n) is 6.11. The molecule has 2 aliphatic rings. The number of aryl methyl sites for hydroxylation is 1. The van der Waals surface area contributed by atoms with Gasteiger partial charge in [-0.3, -0.25) is 19.3 Å². The summed E-state index contributed by atoms with van der Waals surface area (Å²) in [5.41, 5.74) is 0.628. The summed E-state index contributed by atoms with van der Waals surface area (Å²) in [6.07, 6.45) is 3.39. The van der Waals surface area contributed by atoms with Crippen molar-refractivity contribution < 1.29 is 33.4 Å². The van der Waals surface area contributed by atoms with Gasteiger partial charge in [-0.25, -0.2) is 9.59 Å². The lowest BCUT2D eigenvalue weighted by Gasteiger charge is -2.20. The SMILES string of the molecule is CCOC(=O)c1c(NC(=O)COC(=O)[C@@H](C)N2C(=O)c3c(Cl)c(Cl)c(Cl)c(Cl)c3C2=O)sc2c1CCCC2. The van der Waals surface area contributed by atoms with Gasteiger partial charge in [-0.1, -0.05) is 46.4 Å². The second-order valence-electron chi connectivity index (χ2n) is 8.45. The quantitative estimate of drug-likeness (QED) is 0.185. The fourth-order valence-corrected chi connectivity index (χ4v) is 6.62. The van der Waals surface area contributed by atoms with E-state index in [4.69, 9.17) is 55.9 Å². The van der Waals surface area contributed by atoms with Crippen LogP contribution in [-0.4, -0.2) is 53.8 Å². The van der Waals surface area contributed by atoms with Crippen LogP contribution in [0.4, 0.5) is 5.00 Å². The lowest BCUT2D eigenvalue weighted by molar-refractivity contribution is -0.150. The van der Waals surface area contributed by atoms with Crippen LogP contribution < -0.4 is 5.32 Å². The summed E-state index contributed by atoms with van der Waals surface area (Å²) >= 11 is 25.5. The molecular weight excluding hydrogens is 602 g/mol. The molecule has 38 heavy (non-hydrogen) atoms. The van der Waals surface area contributed by atoms with Gasteiger partial charge in [0.15, 0.2) is 6.61 Å². The van der Waals surface area contributed by atoms with Crippen LogP contribution >= 0.6 is 57.7 Å². The van der Waals surface area contributed by atoms with E-state index in [2.05, 4.69) is 5.32 Å². The maximum atomic E-state index is 13.0. The van der Waals surface area contributed by atoms with Crippen LogP contribution in [0.5, 0.6) is 0 Å². The highest BCUT2D eigenvalue weighted by molar-refractivity contribution is 7.17. The molecule has 202 valence electrons. The van der Waals surface area contributed by atoms with Crippen LogP contribution in [0.2, 0.25) is 20.1 Å². The number of hydrogen-bond donors (Lipinski definition) is 1. The lowest BCUT2D eigenvalue weighted by atomic mass is 9.95. The van der Waals surface area contributed by atoms with Gasteiger partial charge in [0.2, 0.25) is 0 Å². The zero-order chi connectivity index (χ0) is 27.9. The number of ether oxygens (including phenoxy) is 2. The van der Waals surface area contributed by atoms with Gasteiger partial charge in [-0.2, -0.15) is 0 Å². The number of nitrogens with zero attached hydrogens (tertiary/aromatic N) is 1. The molecule has 0 fully saturated rings. The number of carbonyl (C=O) groups is 5. The number of anilines is 1. The topological polar surface area (TPSA) is 119 Å². The lowest BCUT2D eigenvalue weighted by Crippen LogP contribution is -2.44. The van der Waals surface area contributed by atoms with Crippen molar-refractivity contribution >= 4 is 92.4 Å². The summed E-state index contributed by atoms with van der Waals surface area (Å²) in [7, 11) is 0. The first kappa shape index (κ1) is 28.6. The van der Waals surface area contributed by atoms with E-state index in [0.717, 1.165) is 29.7 Å². The highest BCUT2D eigenvalue weighted by Crippen LogP contribution is 2.45. The summed E-state index contributed by atoms with van der Waals surface area (Å²) in [5, 5.41) is 1.99. The standard InChI is InChI=1S/C24H20Cl4N2O7S/c1-3-36-24(35)13-10-6-4-5-7-11(10)38-20(13)29-12(31)8-37-23(34)9(2)30-21(32)14-15(22(30)33)17(26)19(28)18(27)16(14)25/h9H,3-8H2,1-2H3,(H,29,31)/t9-/m1/s1. The van der Waals surface area contributed by atoms with Crippen molar-refractivity contribution in [2.75, 3.05) is 18.5 Å². The molecule has 14 heteroatoms. The van der Waals surface area contributed by atoms with Gasteiger partial charge in [0.25, 0.3) is 17.7 Å². The zero-order valence-electron chi connectivity index (χ0n) is 20.0. The average molecular weight is 622 g/mol. The molecule has 1 aliphatic heterocycles. The Bertz CT molecular complexity index is 1340. The van der Waals surface area contributed by atoms with Crippen molar-refractivity contribution in [1.82, 2.24) is 4.90 Å². The Hall–Kier alpha value is -2.37. The van der Waals surface area contributed by atoms with E-state index in [1.165, 1.54) is 18.3 Å². The van der Waals surface area contributed by atoms with Crippen LogP contribution in [0.25, 0.3) is 0 Å². The van der Waals surface area contributed by atoms with Gasteiger partial charge in [-0.15, -0.1) is 11.3 Å². The van der Waals surface area contributed by atoms with Crippen LogP contribution in [0.15, 0.2) is 0 Å². The van der Waals surface area contributed by atoms with Gasteiger partial charge < -0.3 is 14.8 Å². The van der Waals surface area contributed by atoms with Crippen molar-refractivity contribution in [3.8, 4) is 0 Å². The fraction of sp³-hybridized carbons (Fsp3) is 0.375. The molecule has 3 amide bonds. The maximum Gasteiger partial charge on any atom is 0.341 e. The van der Waals surface area contributed by atoms with Crippen molar-refractivity contribution in [2.24, 2.45) is 0 Å². The van der Waals surface area contributed by atoms with E-state index in [1.807, 2.05) is 0 Å². The Balaban J connectivity index is 1.46. The molecule has 1 aromatic carbocycles. The minimum atomic E-state index is -1.43. The smallest absolute Gasteiger partial charge is 0.341 e. The van der Waals surface area contributed by atoms with Crippen molar-refractivity contribution in [3.63, 3.8) is 0 Å². The molecule has 9 nitrogen and oxygen atoms in total. The Labute approximate surface area is 241 Å². The average Bonchev–Trinajstić information content (AvgIpc) is 3.38. The molecule has 0 saturated carbocycles. The summed E-state index contributed by atoms with van der Waals surface area (Å²) in [5.74, 6) is -4.09. The largest absolute Gasteiger partial charge is 0.462 e. The second kappa shape index (κ2) is 11.4. The Morgan fingerprint density at radius 1 is 0.947 bits per heavy atom. The molecule has 2 aromatic rings. The van der Waals surface area contributed by atoms with Crippen molar-refractivity contribution in [3.05, 3.63) is 47.2 Å². The molecule has 0 spiro atoms. The number of esters is 2. The number of halogens is 4. The van der Waals surface area contributed by atoms with E-state index >= 15 is 0 Å². The molecule has 1 atom stereocenters. The number of rotatable bonds is 7. The molecule has 0 radical (unpaired) electrons. The number of nitrogens with one attached hydrogen (secondary N) is 1. The van der Waals surface area contributed by atoms with Crippen molar-refractivity contribution in [2.45, 2.75) is 45.6 Å². The number of hydrogen-bond acceptors (Lipinski definition) is 8. The molecule has 0 saturated heterocycles. The number of thiophene rings is 1. The number of carbonyl (C=O) groups excluding carboxylic acids is 5. The van der Waals surface area contributed by atoms with Crippen LogP contribution in [-0.2, 0) is 31.9 Å². The second-order valence-corrected chi connectivity index (χ2v) is 11.1. The van der Waals surface area contributed by atoms with Crippen molar-refractivity contribution in [1.29, 1.82) is 0 Å². The first-order valence-electron chi connectivity index (χ1n) is 11.5. The van der Waals surface area contributed by atoms with Gasteiger partial charge in [0, 0.05) is 4.88 Å². The van der Waals surface area contributed by atoms with Crippen LogP contribution in [0.1, 0.15) is 68.2 Å². The van der Waals surface area contributed by atoms with Gasteiger partial charge in [-0.05, 0) is 45.1 Å². The van der Waals surface area contributed by atoms with Gasteiger partial charge in [0.1, 0.15) is 11.0 Å². The minimum absolute atomic E-state index is 0.180. The van der Waals surface area contributed by atoms with Crippen LogP contribution in [0.3, 0.4) is 0 Å². The van der Waals surface area contributed by atoms with Gasteiger partial charge >= 0.3 is 11.9 Å². The minimum Gasteiger partial charge on any atom is -0.462 e. The number of benzene rings is 1. The molecule has 0 unspecified atom stereocenters. The molecule has 0 bridgehead atoms. The van der Waals surface area contributed by atoms with E-state index in [9.17, 15) is 24.0 Å². The van der Waals surface area contributed by atoms with Gasteiger partial charge in [0.05, 0.1) is 43.4 Å². The summed E-state index contributed by atoms with van der Waals surface area (Å²) in [4.78, 5) is 65.4. The fourth-order valence-electron chi connectivity index (χ4n) is 4.32. The first-order chi connectivity index (χ1) is 18.0. The first-order valence-corrected chi connectivity index (χ1v) is 13.8. The third kappa shape index (κ3) is 5.00. The molecule has 1 N–H and O–H groups in total. The normalized spacial score (nSPS) is 15.2. The predicted octanol–water partition coefficient (Wildman–Crippen LogP) is 5.58. The molecular formula is C24H20Cl4N2O7S. The Morgan fingerprint density at radius 2 is 1.53 bits per heavy atom.